The summed E-state index contributed by atoms with van der Waals surface area (Å²) in [5.74, 6) is 0.362. The molecule has 0 aromatic carbocycles. The Labute approximate surface area is 94.6 Å². The van der Waals surface area contributed by atoms with Crippen LogP contribution >= 0.6 is 0 Å². The van der Waals surface area contributed by atoms with Crippen LogP contribution in [-0.4, -0.2) is 18.8 Å². The van der Waals surface area contributed by atoms with E-state index in [4.69, 9.17) is 4.52 Å². The molecule has 16 heavy (non-hydrogen) atoms. The molecule has 0 aliphatic heterocycles. The fourth-order valence-electron chi connectivity index (χ4n) is 1.82. The van der Waals surface area contributed by atoms with Crippen molar-refractivity contribution in [1.82, 2.24) is 5.16 Å². The van der Waals surface area contributed by atoms with Crippen molar-refractivity contribution < 1.29 is 12.9 Å². The maximum Gasteiger partial charge on any atom is 0.190 e. The molecule has 2 rings (SSSR count). The molecule has 0 fully saturated rings. The van der Waals surface area contributed by atoms with Gasteiger partial charge in [-0.2, -0.15) is 0 Å². The lowest BCUT2D eigenvalue weighted by Gasteiger charge is -2.13. The summed E-state index contributed by atoms with van der Waals surface area (Å²) in [4.78, 5) is 0.234. The normalized spacial score (nSPS) is 20.2. The highest BCUT2D eigenvalue weighted by Gasteiger charge is 2.31. The number of nitrogens with zero attached hydrogens (tertiary/aromatic N) is 1. The molecule has 0 N–H and O–H groups in total. The first kappa shape index (κ1) is 11.1. The van der Waals surface area contributed by atoms with Crippen molar-refractivity contribution in [2.24, 2.45) is 0 Å². The van der Waals surface area contributed by atoms with Crippen molar-refractivity contribution in [2.75, 3.05) is 0 Å². The van der Waals surface area contributed by atoms with Crippen LogP contribution in [0.15, 0.2) is 33.7 Å². The highest BCUT2D eigenvalue weighted by Crippen LogP contribution is 2.26. The van der Waals surface area contributed by atoms with Crippen molar-refractivity contribution in [3.63, 3.8) is 0 Å². The zero-order valence-electron chi connectivity index (χ0n) is 9.17. The van der Waals surface area contributed by atoms with Crippen LogP contribution in [-0.2, 0) is 9.84 Å². The van der Waals surface area contributed by atoms with Gasteiger partial charge in [-0.15, -0.1) is 0 Å². The molecule has 0 spiro atoms. The Hall–Kier alpha value is -1.36. The minimum atomic E-state index is -3.37. The van der Waals surface area contributed by atoms with Crippen molar-refractivity contribution in [3.8, 4) is 0 Å². The highest BCUT2D eigenvalue weighted by atomic mass is 32.2. The predicted molar refractivity (Wildman–Crippen MR) is 59.8 cm³/mol. The maximum absolute atomic E-state index is 12.3. The molecule has 1 aromatic rings. The van der Waals surface area contributed by atoms with E-state index in [0.717, 1.165) is 0 Å². The van der Waals surface area contributed by atoms with E-state index in [1.165, 1.54) is 0 Å². The lowest BCUT2D eigenvalue weighted by atomic mass is 10.2. The van der Waals surface area contributed by atoms with Gasteiger partial charge in [0.15, 0.2) is 15.6 Å². The second kappa shape index (κ2) is 3.90. The van der Waals surface area contributed by atoms with E-state index in [1.54, 1.807) is 26.0 Å². The van der Waals surface area contributed by atoms with E-state index in [-0.39, 0.29) is 4.90 Å². The Morgan fingerprint density at radius 3 is 2.62 bits per heavy atom. The van der Waals surface area contributed by atoms with Gasteiger partial charge >= 0.3 is 0 Å². The summed E-state index contributed by atoms with van der Waals surface area (Å²) in [6.45, 7) is 3.26. The van der Waals surface area contributed by atoms with E-state index < -0.39 is 15.1 Å². The Kier molecular flexibility index (Phi) is 2.71. The van der Waals surface area contributed by atoms with E-state index in [9.17, 15) is 8.42 Å². The molecule has 5 heteroatoms. The van der Waals surface area contributed by atoms with Gasteiger partial charge < -0.3 is 4.52 Å². The monoisotopic (exact) mass is 239 g/mol. The number of aryl methyl sites for hydroxylation is 2. The van der Waals surface area contributed by atoms with Crippen LogP contribution in [0.25, 0.3) is 0 Å². The smallest absolute Gasteiger partial charge is 0.190 e. The third-order valence-corrected chi connectivity index (χ3v) is 4.89. The third kappa shape index (κ3) is 1.71. The number of rotatable bonds is 2. The van der Waals surface area contributed by atoms with E-state index in [1.807, 2.05) is 12.2 Å². The lowest BCUT2D eigenvalue weighted by Crippen LogP contribution is -2.20. The van der Waals surface area contributed by atoms with Crippen molar-refractivity contribution in [2.45, 2.75) is 30.4 Å². The summed E-state index contributed by atoms with van der Waals surface area (Å²) in [5.41, 5.74) is 0.431. The molecule has 1 unspecified atom stereocenters. The molecule has 0 amide bonds. The fraction of sp³-hybridized carbons (Fsp3) is 0.364. The van der Waals surface area contributed by atoms with Crippen LogP contribution in [0.5, 0.6) is 0 Å². The van der Waals surface area contributed by atoms with Gasteiger partial charge in [0.2, 0.25) is 0 Å². The first-order chi connectivity index (χ1) is 7.53. The van der Waals surface area contributed by atoms with Crippen LogP contribution in [0.3, 0.4) is 0 Å². The zero-order chi connectivity index (χ0) is 11.8. The molecular formula is C11H13NO3S. The summed E-state index contributed by atoms with van der Waals surface area (Å²) in [6.07, 6.45) is 7.65. The minimum absolute atomic E-state index is 0.234. The molecule has 0 saturated carbocycles. The quantitative estimate of drug-likeness (QED) is 0.791. The standard InChI is InChI=1S/C11H13NO3S/c1-8-11(9(2)15-12-8)16(13,14)10-6-4-3-5-7-10/h3-6,10H,7H2,1-2H3. The molecule has 0 bridgehead atoms. The van der Waals surface area contributed by atoms with Crippen molar-refractivity contribution in [1.29, 1.82) is 0 Å². The van der Waals surface area contributed by atoms with Gasteiger partial charge in [0.05, 0.1) is 10.9 Å². The van der Waals surface area contributed by atoms with E-state index >= 15 is 0 Å². The average molecular weight is 239 g/mol. The Morgan fingerprint density at radius 2 is 2.12 bits per heavy atom. The number of hydrogen-bond acceptors (Lipinski definition) is 4. The third-order valence-electron chi connectivity index (χ3n) is 2.59. The number of aromatic nitrogens is 1. The molecule has 86 valence electrons. The minimum Gasteiger partial charge on any atom is -0.360 e. The predicted octanol–water partition coefficient (Wildman–Crippen LogP) is 1.95. The topological polar surface area (TPSA) is 60.2 Å². The first-order valence-corrected chi connectivity index (χ1v) is 6.58. The molecule has 1 heterocycles. The van der Waals surface area contributed by atoms with E-state index in [2.05, 4.69) is 5.16 Å². The molecule has 1 aromatic heterocycles. The molecule has 0 saturated heterocycles. The summed E-state index contributed by atoms with van der Waals surface area (Å²) >= 11 is 0. The van der Waals surface area contributed by atoms with Gasteiger partial charge in [-0.25, -0.2) is 8.42 Å². The number of sulfone groups is 1. The van der Waals surface area contributed by atoms with Gasteiger partial charge in [-0.1, -0.05) is 29.5 Å². The van der Waals surface area contributed by atoms with Gasteiger partial charge in [0.25, 0.3) is 0 Å². The van der Waals surface area contributed by atoms with Gasteiger partial charge in [0, 0.05) is 0 Å². The van der Waals surface area contributed by atoms with Gasteiger partial charge in [0.1, 0.15) is 4.90 Å². The van der Waals surface area contributed by atoms with Crippen LogP contribution < -0.4 is 0 Å². The summed E-state index contributed by atoms with van der Waals surface area (Å²) in [7, 11) is -3.37. The van der Waals surface area contributed by atoms with E-state index in [0.29, 0.717) is 17.9 Å². The van der Waals surface area contributed by atoms with Crippen molar-refractivity contribution >= 4 is 9.84 Å². The van der Waals surface area contributed by atoms with Crippen LogP contribution in [0.2, 0.25) is 0 Å². The summed E-state index contributed by atoms with van der Waals surface area (Å²) < 4.78 is 29.5. The summed E-state index contributed by atoms with van der Waals surface area (Å²) in [5, 5.41) is 3.18. The van der Waals surface area contributed by atoms with Gasteiger partial charge in [-0.05, 0) is 20.3 Å². The first-order valence-electron chi connectivity index (χ1n) is 5.03. The number of hydrogen-bond donors (Lipinski definition) is 0. The van der Waals surface area contributed by atoms with Gasteiger partial charge in [-0.3, -0.25) is 0 Å². The fourth-order valence-corrected chi connectivity index (χ4v) is 3.67. The second-order valence-electron chi connectivity index (χ2n) is 3.79. The SMILES string of the molecule is Cc1noc(C)c1S(=O)(=O)C1C=CC=CC1. The largest absolute Gasteiger partial charge is 0.360 e. The second-order valence-corrected chi connectivity index (χ2v) is 5.89. The molecule has 1 atom stereocenters. The highest BCUT2D eigenvalue weighted by molar-refractivity contribution is 7.92. The molecule has 1 aliphatic rings. The average Bonchev–Trinajstić information content (AvgIpc) is 2.60. The molecular weight excluding hydrogens is 226 g/mol. The van der Waals surface area contributed by atoms with Crippen LogP contribution in [0, 0.1) is 13.8 Å². The molecule has 4 nitrogen and oxygen atoms in total. The van der Waals surface area contributed by atoms with Crippen LogP contribution in [0.1, 0.15) is 17.9 Å². The van der Waals surface area contributed by atoms with Crippen LogP contribution in [0.4, 0.5) is 0 Å². The molecule has 1 aliphatic carbocycles. The Bertz CT molecular complexity index is 532. The molecule has 0 radical (unpaired) electrons. The zero-order valence-corrected chi connectivity index (χ0v) is 9.99. The maximum atomic E-state index is 12.3. The summed E-state index contributed by atoms with van der Waals surface area (Å²) in [6, 6.07) is 0. The Morgan fingerprint density at radius 1 is 1.38 bits per heavy atom. The lowest BCUT2D eigenvalue weighted by molar-refractivity contribution is 0.390. The Balaban J connectivity index is 2.47. The number of allylic oxidation sites excluding steroid dienone is 3. The van der Waals surface area contributed by atoms with Crippen molar-refractivity contribution in [3.05, 3.63) is 35.8 Å².